The Bertz CT molecular complexity index is 857. The van der Waals surface area contributed by atoms with E-state index in [4.69, 9.17) is 4.74 Å². The number of carbonyl (C=O) groups is 2. The highest BCUT2D eigenvalue weighted by Gasteiger charge is 2.27. The molecular formula is C20H27NO6S. The Kier molecular flexibility index (Phi) is 6.54. The molecule has 7 nitrogen and oxygen atoms in total. The van der Waals surface area contributed by atoms with Crippen LogP contribution in [0.15, 0.2) is 35.2 Å². The Morgan fingerprint density at radius 3 is 2.11 bits per heavy atom. The van der Waals surface area contributed by atoms with Crippen LogP contribution in [0.25, 0.3) is 5.57 Å². The zero-order valence-electron chi connectivity index (χ0n) is 16.6. The molecule has 1 saturated heterocycles. The van der Waals surface area contributed by atoms with E-state index in [-0.39, 0.29) is 22.5 Å². The Balaban J connectivity index is 2.10. The van der Waals surface area contributed by atoms with Gasteiger partial charge in [-0.05, 0) is 57.2 Å². The summed E-state index contributed by atoms with van der Waals surface area (Å²) in [6, 6.07) is 5.83. The zero-order chi connectivity index (χ0) is 21.1. The summed E-state index contributed by atoms with van der Waals surface area (Å²) in [5.41, 5.74) is 0.0351. The third kappa shape index (κ3) is 6.09. The molecule has 0 aromatic heterocycles. The molecule has 0 saturated carbocycles. The van der Waals surface area contributed by atoms with Crippen LogP contribution in [0, 0.1) is 5.92 Å². The maximum absolute atomic E-state index is 12.1. The first-order chi connectivity index (χ1) is 12.9. The van der Waals surface area contributed by atoms with E-state index in [1.165, 1.54) is 24.3 Å². The van der Waals surface area contributed by atoms with Crippen LogP contribution in [-0.4, -0.2) is 55.4 Å². The molecule has 154 valence electrons. The Morgan fingerprint density at radius 1 is 1.14 bits per heavy atom. The average molecular weight is 410 g/mol. The molecule has 1 fully saturated rings. The minimum Gasteiger partial charge on any atom is -0.478 e. The van der Waals surface area contributed by atoms with Gasteiger partial charge in [-0.1, -0.05) is 18.2 Å². The highest BCUT2D eigenvalue weighted by atomic mass is 32.2. The summed E-state index contributed by atoms with van der Waals surface area (Å²) in [6.45, 7) is 6.43. The molecule has 28 heavy (non-hydrogen) atoms. The number of carboxylic acid groups (broad SMARTS) is 1. The number of hydrogen-bond acceptors (Lipinski definition) is 5. The van der Waals surface area contributed by atoms with Gasteiger partial charge in [0.15, 0.2) is 9.84 Å². The number of piperidine rings is 1. The second kappa shape index (κ2) is 8.34. The molecule has 0 unspecified atom stereocenters. The van der Waals surface area contributed by atoms with E-state index >= 15 is 0 Å². The van der Waals surface area contributed by atoms with Crippen molar-refractivity contribution < 1.29 is 27.9 Å². The van der Waals surface area contributed by atoms with E-state index in [0.29, 0.717) is 31.5 Å². The summed E-state index contributed by atoms with van der Waals surface area (Å²) in [5, 5.41) is 9.58. The molecule has 0 atom stereocenters. The Hall–Kier alpha value is -2.35. The summed E-state index contributed by atoms with van der Waals surface area (Å²) < 4.78 is 28.5. The van der Waals surface area contributed by atoms with Crippen molar-refractivity contribution in [2.24, 2.45) is 5.92 Å². The molecule has 1 aliphatic rings. The first-order valence-corrected chi connectivity index (χ1v) is 11.0. The number of likely N-dealkylation sites (tertiary alicyclic amines) is 1. The van der Waals surface area contributed by atoms with Crippen LogP contribution >= 0.6 is 0 Å². The fourth-order valence-electron chi connectivity index (χ4n) is 2.98. The van der Waals surface area contributed by atoms with Crippen LogP contribution in [0.4, 0.5) is 4.79 Å². The standard InChI is InChI=1S/C20H27NO6S/c1-20(2,3)27-19(24)21-11-9-14(10-12-21)13-17(18(22)23)15-5-7-16(8-6-15)28(4,25)26/h5-8,13-14H,9-12H2,1-4H3,(H,22,23). The molecule has 2 rings (SSSR count). The van der Waals surface area contributed by atoms with E-state index < -0.39 is 21.4 Å². The van der Waals surface area contributed by atoms with Crippen LogP contribution in [0.5, 0.6) is 0 Å². The fourth-order valence-corrected chi connectivity index (χ4v) is 3.61. The van der Waals surface area contributed by atoms with Gasteiger partial charge in [-0.3, -0.25) is 0 Å². The SMILES string of the molecule is CC(C)(C)OC(=O)N1CCC(C=C(C(=O)O)c2ccc(S(C)(=O)=O)cc2)CC1. The highest BCUT2D eigenvalue weighted by Crippen LogP contribution is 2.26. The first-order valence-electron chi connectivity index (χ1n) is 9.10. The normalized spacial score (nSPS) is 16.7. The molecule has 1 aromatic rings. The minimum absolute atomic E-state index is 0.0133. The van der Waals surface area contributed by atoms with E-state index in [9.17, 15) is 23.1 Å². The van der Waals surface area contributed by atoms with Crippen molar-refractivity contribution in [2.45, 2.75) is 44.1 Å². The van der Waals surface area contributed by atoms with Crippen LogP contribution in [-0.2, 0) is 19.4 Å². The number of nitrogens with zero attached hydrogens (tertiary/aromatic N) is 1. The molecule has 0 spiro atoms. The summed E-state index contributed by atoms with van der Waals surface area (Å²) in [5.74, 6) is -1.05. The first kappa shape index (κ1) is 21.9. The molecule has 0 radical (unpaired) electrons. The van der Waals surface area contributed by atoms with Crippen molar-refractivity contribution >= 4 is 27.5 Å². The minimum atomic E-state index is -3.34. The number of sulfone groups is 1. The number of ether oxygens (including phenoxy) is 1. The van der Waals surface area contributed by atoms with Crippen molar-refractivity contribution in [3.05, 3.63) is 35.9 Å². The molecule has 0 aliphatic carbocycles. The number of hydrogen-bond donors (Lipinski definition) is 1. The van der Waals surface area contributed by atoms with Gasteiger partial charge in [0.25, 0.3) is 0 Å². The Labute approximate surface area is 165 Å². The number of amides is 1. The lowest BCUT2D eigenvalue weighted by atomic mass is 9.92. The van der Waals surface area contributed by atoms with Gasteiger partial charge < -0.3 is 14.7 Å². The van der Waals surface area contributed by atoms with Gasteiger partial charge >= 0.3 is 12.1 Å². The lowest BCUT2D eigenvalue weighted by Crippen LogP contribution is -2.41. The summed E-state index contributed by atoms with van der Waals surface area (Å²) in [6.07, 6.45) is 3.72. The Morgan fingerprint density at radius 2 is 1.68 bits per heavy atom. The van der Waals surface area contributed by atoms with Crippen LogP contribution < -0.4 is 0 Å². The molecule has 0 bridgehead atoms. The summed E-state index contributed by atoms with van der Waals surface area (Å²) >= 11 is 0. The van der Waals surface area contributed by atoms with Gasteiger partial charge in [0.2, 0.25) is 0 Å². The second-order valence-electron chi connectivity index (χ2n) is 7.99. The summed E-state index contributed by atoms with van der Waals surface area (Å²) in [7, 11) is -3.34. The number of rotatable bonds is 4. The molecule has 1 amide bonds. The molecular weight excluding hydrogens is 382 g/mol. The van der Waals surface area contributed by atoms with Crippen molar-refractivity contribution in [2.75, 3.05) is 19.3 Å². The topological polar surface area (TPSA) is 101 Å². The van der Waals surface area contributed by atoms with Crippen molar-refractivity contribution in [1.29, 1.82) is 0 Å². The molecule has 1 N–H and O–H groups in total. The fraction of sp³-hybridized carbons (Fsp3) is 0.500. The maximum Gasteiger partial charge on any atom is 0.410 e. The average Bonchev–Trinajstić information content (AvgIpc) is 2.58. The molecule has 1 aromatic carbocycles. The second-order valence-corrected chi connectivity index (χ2v) is 10.0. The smallest absolute Gasteiger partial charge is 0.410 e. The van der Waals surface area contributed by atoms with Crippen molar-refractivity contribution in [3.8, 4) is 0 Å². The van der Waals surface area contributed by atoms with E-state index in [1.54, 1.807) is 11.0 Å². The van der Waals surface area contributed by atoms with Crippen molar-refractivity contribution in [3.63, 3.8) is 0 Å². The van der Waals surface area contributed by atoms with Gasteiger partial charge in [0.1, 0.15) is 5.60 Å². The van der Waals surface area contributed by atoms with Gasteiger partial charge in [-0.15, -0.1) is 0 Å². The predicted molar refractivity (Wildman–Crippen MR) is 106 cm³/mol. The zero-order valence-corrected chi connectivity index (χ0v) is 17.5. The van der Waals surface area contributed by atoms with Crippen LogP contribution in [0.3, 0.4) is 0 Å². The lowest BCUT2D eigenvalue weighted by Gasteiger charge is -2.32. The number of allylic oxidation sites excluding steroid dienone is 1. The molecule has 1 heterocycles. The molecule has 1 aliphatic heterocycles. The number of carbonyl (C=O) groups excluding carboxylic acids is 1. The quantitative estimate of drug-likeness (QED) is 0.767. The summed E-state index contributed by atoms with van der Waals surface area (Å²) in [4.78, 5) is 25.6. The van der Waals surface area contributed by atoms with Crippen molar-refractivity contribution in [1.82, 2.24) is 4.90 Å². The molecule has 8 heteroatoms. The lowest BCUT2D eigenvalue weighted by molar-refractivity contribution is -0.130. The predicted octanol–water partition coefficient (Wildman–Crippen LogP) is 3.21. The van der Waals surface area contributed by atoms with Crippen LogP contribution in [0.1, 0.15) is 39.2 Å². The largest absolute Gasteiger partial charge is 0.478 e. The monoisotopic (exact) mass is 409 g/mol. The van der Waals surface area contributed by atoms with Gasteiger partial charge in [0, 0.05) is 19.3 Å². The van der Waals surface area contributed by atoms with Crippen LogP contribution in [0.2, 0.25) is 0 Å². The van der Waals surface area contributed by atoms with Gasteiger partial charge in [0.05, 0.1) is 10.5 Å². The van der Waals surface area contributed by atoms with E-state index in [1.807, 2.05) is 20.8 Å². The third-order valence-electron chi connectivity index (χ3n) is 4.42. The van der Waals surface area contributed by atoms with E-state index in [0.717, 1.165) is 6.26 Å². The van der Waals surface area contributed by atoms with Gasteiger partial charge in [-0.2, -0.15) is 0 Å². The number of benzene rings is 1. The van der Waals surface area contributed by atoms with Gasteiger partial charge in [-0.25, -0.2) is 18.0 Å². The number of aliphatic carboxylic acids is 1. The maximum atomic E-state index is 12.1. The van der Waals surface area contributed by atoms with E-state index in [2.05, 4.69) is 0 Å². The third-order valence-corrected chi connectivity index (χ3v) is 5.55. The number of carboxylic acids is 1. The highest BCUT2D eigenvalue weighted by molar-refractivity contribution is 7.90.